The maximum absolute atomic E-state index is 4.77. The second-order valence-electron chi connectivity index (χ2n) is 13.7. The molecule has 1 radical (unpaired) electrons. The molecule has 0 fully saturated rings. The van der Waals surface area contributed by atoms with E-state index in [9.17, 15) is 0 Å². The van der Waals surface area contributed by atoms with Gasteiger partial charge in [-0.05, 0) is 94.7 Å². The van der Waals surface area contributed by atoms with E-state index in [-0.39, 0.29) is 20.1 Å². The minimum absolute atomic E-state index is 0. The van der Waals surface area contributed by atoms with Crippen molar-refractivity contribution in [3.63, 3.8) is 0 Å². The summed E-state index contributed by atoms with van der Waals surface area (Å²) < 4.78 is 0. The Bertz CT molecular complexity index is 2730. The molecule has 0 saturated carbocycles. The van der Waals surface area contributed by atoms with Crippen molar-refractivity contribution in [3.8, 4) is 67.0 Å². The van der Waals surface area contributed by atoms with Gasteiger partial charge in [0.2, 0.25) is 0 Å². The van der Waals surface area contributed by atoms with Gasteiger partial charge in [0.1, 0.15) is 0 Å². The van der Waals surface area contributed by atoms with Gasteiger partial charge in [-0.15, -0.1) is 71.3 Å². The summed E-state index contributed by atoms with van der Waals surface area (Å²) in [5.41, 5.74) is 17.0. The van der Waals surface area contributed by atoms with Gasteiger partial charge in [0.15, 0.2) is 0 Å². The van der Waals surface area contributed by atoms with Gasteiger partial charge in [-0.1, -0.05) is 108 Å². The van der Waals surface area contributed by atoms with Crippen molar-refractivity contribution in [2.45, 2.75) is 20.8 Å². The Morgan fingerprint density at radius 2 is 1.04 bits per heavy atom. The molecule has 6 aromatic carbocycles. The largest absolute Gasteiger partial charge is 0.305 e. The number of benzene rings is 6. The molecule has 0 aliphatic rings. The van der Waals surface area contributed by atoms with E-state index in [4.69, 9.17) is 4.98 Å². The summed E-state index contributed by atoms with van der Waals surface area (Å²) in [6.45, 7) is 6.33. The van der Waals surface area contributed by atoms with Gasteiger partial charge in [-0.25, -0.2) is 0 Å². The van der Waals surface area contributed by atoms with E-state index in [1.54, 1.807) is 0 Å². The summed E-state index contributed by atoms with van der Waals surface area (Å²) >= 11 is 0. The molecule has 56 heavy (non-hydrogen) atoms. The zero-order chi connectivity index (χ0) is 37.6. The molecule has 3 heterocycles. The Morgan fingerprint density at radius 3 is 1.70 bits per heavy atom. The van der Waals surface area contributed by atoms with E-state index in [1.807, 2.05) is 67.3 Å². The average molecular weight is 898 g/mol. The topological polar surface area (TPSA) is 38.7 Å². The van der Waals surface area contributed by atoms with Crippen molar-refractivity contribution in [1.82, 2.24) is 15.0 Å². The fourth-order valence-corrected chi connectivity index (χ4v) is 7.04. The monoisotopic (exact) mass is 898 g/mol. The number of fused-ring (bicyclic) bond motifs is 1. The van der Waals surface area contributed by atoms with Crippen LogP contribution in [0.2, 0.25) is 0 Å². The first kappa shape index (κ1) is 38.0. The number of hydrogen-bond acceptors (Lipinski definition) is 3. The van der Waals surface area contributed by atoms with E-state index in [0.717, 1.165) is 50.2 Å². The van der Waals surface area contributed by atoms with Crippen LogP contribution in [0, 0.1) is 32.9 Å². The van der Waals surface area contributed by atoms with Crippen molar-refractivity contribution >= 4 is 10.8 Å². The second-order valence-corrected chi connectivity index (χ2v) is 13.7. The van der Waals surface area contributed by atoms with Gasteiger partial charge < -0.3 is 9.97 Å². The fourth-order valence-electron chi connectivity index (χ4n) is 7.04. The molecule has 0 N–H and O–H groups in total. The third-order valence-corrected chi connectivity index (χ3v) is 9.84. The van der Waals surface area contributed by atoms with E-state index < -0.39 is 0 Å². The third-order valence-electron chi connectivity index (χ3n) is 9.84. The van der Waals surface area contributed by atoms with Crippen molar-refractivity contribution in [2.24, 2.45) is 0 Å². The quantitative estimate of drug-likeness (QED) is 0.156. The van der Waals surface area contributed by atoms with E-state index in [0.29, 0.717) is 0 Å². The van der Waals surface area contributed by atoms with Crippen LogP contribution < -0.4 is 0 Å². The van der Waals surface area contributed by atoms with Crippen LogP contribution in [0.1, 0.15) is 16.7 Å². The molecule has 0 aliphatic heterocycles. The minimum Gasteiger partial charge on any atom is -0.305 e. The second kappa shape index (κ2) is 17.4. The van der Waals surface area contributed by atoms with Crippen LogP contribution in [0.25, 0.3) is 77.8 Å². The Morgan fingerprint density at radius 1 is 0.429 bits per heavy atom. The first-order chi connectivity index (χ1) is 27.0. The molecular weight excluding hydrogens is 859 g/mol. The predicted molar refractivity (Wildman–Crippen MR) is 228 cm³/mol. The number of hydrogen-bond donors (Lipinski definition) is 0. The van der Waals surface area contributed by atoms with E-state index in [1.165, 1.54) is 44.3 Å². The molecule has 3 nitrogen and oxygen atoms in total. The number of aryl methyl sites for hydroxylation is 3. The molecule has 0 bridgehead atoms. The minimum atomic E-state index is 0. The number of rotatable bonds is 6. The van der Waals surface area contributed by atoms with Crippen molar-refractivity contribution in [2.75, 3.05) is 0 Å². The molecule has 0 unspecified atom stereocenters. The van der Waals surface area contributed by atoms with Crippen LogP contribution in [0.3, 0.4) is 0 Å². The Hall–Kier alpha value is -6.32. The van der Waals surface area contributed by atoms with Crippen molar-refractivity contribution in [3.05, 3.63) is 211 Å². The van der Waals surface area contributed by atoms with E-state index >= 15 is 0 Å². The molecule has 0 saturated heterocycles. The van der Waals surface area contributed by atoms with Gasteiger partial charge in [0.25, 0.3) is 0 Å². The van der Waals surface area contributed by atoms with Gasteiger partial charge in [-0.3, -0.25) is 4.98 Å². The number of nitrogens with zero attached hydrogens (tertiary/aromatic N) is 3. The summed E-state index contributed by atoms with van der Waals surface area (Å²) in [5, 5.41) is 2.31. The molecule has 9 aromatic rings. The summed E-state index contributed by atoms with van der Waals surface area (Å²) in [6, 6.07) is 61.4. The van der Waals surface area contributed by atoms with Crippen LogP contribution in [0.5, 0.6) is 0 Å². The third kappa shape index (κ3) is 8.33. The molecule has 0 spiro atoms. The average Bonchev–Trinajstić information content (AvgIpc) is 3.24. The molecule has 4 heteroatoms. The van der Waals surface area contributed by atoms with Crippen LogP contribution in [-0.4, -0.2) is 15.0 Å². The fraction of sp³-hybridized carbons (Fsp3) is 0.0577. The molecule has 273 valence electrons. The van der Waals surface area contributed by atoms with E-state index in [2.05, 4.69) is 158 Å². The summed E-state index contributed by atoms with van der Waals surface area (Å²) in [6.07, 6.45) is 7.69. The Kier molecular flexibility index (Phi) is 11.8. The molecule has 9 rings (SSSR count). The van der Waals surface area contributed by atoms with Gasteiger partial charge >= 0.3 is 0 Å². The van der Waals surface area contributed by atoms with Crippen LogP contribution in [0.15, 0.2) is 183 Å². The van der Waals surface area contributed by atoms with Crippen molar-refractivity contribution < 1.29 is 20.1 Å². The smallest absolute Gasteiger partial charge is 0.0353 e. The predicted octanol–water partition coefficient (Wildman–Crippen LogP) is 13.2. The zero-order valence-electron chi connectivity index (χ0n) is 31.5. The SMILES string of the molecule is Cc1ccnc(-c2[c-]ccc(-c3ccc(-c4ccc(C)c(-c5ccccc5)c4)c4cncc(-c5ccccc5)c34)c2)c1.Cc1ccnc(-c2[c-]cccc2)c1.[Ir]. The summed E-state index contributed by atoms with van der Waals surface area (Å²) in [5.74, 6) is 0. The first-order valence-corrected chi connectivity index (χ1v) is 18.5. The molecule has 0 aliphatic carbocycles. The van der Waals surface area contributed by atoms with Crippen LogP contribution in [0.4, 0.5) is 0 Å². The normalized spacial score (nSPS) is 10.6. The van der Waals surface area contributed by atoms with Gasteiger partial charge in [-0.2, -0.15) is 0 Å². The Balaban J connectivity index is 0.000000291. The van der Waals surface area contributed by atoms with Crippen LogP contribution in [-0.2, 0) is 20.1 Å². The molecule has 3 aromatic heterocycles. The number of aromatic nitrogens is 3. The van der Waals surface area contributed by atoms with Crippen molar-refractivity contribution in [1.29, 1.82) is 0 Å². The van der Waals surface area contributed by atoms with Gasteiger partial charge in [0, 0.05) is 55.8 Å². The zero-order valence-corrected chi connectivity index (χ0v) is 33.9. The maximum Gasteiger partial charge on any atom is 0.0353 e. The van der Waals surface area contributed by atoms with Crippen LogP contribution >= 0.6 is 0 Å². The number of pyridine rings is 3. The first-order valence-electron chi connectivity index (χ1n) is 18.5. The molecule has 0 atom stereocenters. The molecule has 0 amide bonds. The summed E-state index contributed by atoms with van der Waals surface area (Å²) in [4.78, 5) is 13.7. The maximum atomic E-state index is 4.77. The summed E-state index contributed by atoms with van der Waals surface area (Å²) in [7, 11) is 0. The Labute approximate surface area is 343 Å². The molecular formula is C52H39IrN3-2. The van der Waals surface area contributed by atoms with Gasteiger partial charge in [0.05, 0.1) is 0 Å². The standard InChI is InChI=1S/C40H29N2.C12H10N.Ir/c1-27-20-21-42-39(22-27)33-15-9-14-31(23-33)35-19-18-34(32-17-16-28(2)36(24-32)29-10-5-3-6-11-29)38-26-41-25-37(40(35)38)30-12-7-4-8-13-30;1-10-7-8-13-12(9-10)11-5-3-2-4-6-11;/h3-14,16-26H,1-2H3;2-5,7-9H,1H3;/q2*-1;.